The zero-order valence-corrected chi connectivity index (χ0v) is 22.2. The van der Waals surface area contributed by atoms with Gasteiger partial charge in [0.2, 0.25) is 0 Å². The lowest BCUT2D eigenvalue weighted by Gasteiger charge is -2.33. The molecule has 2 aromatic carbocycles. The number of benzene rings is 2. The molecule has 0 unspecified atom stereocenters. The second-order valence-electron chi connectivity index (χ2n) is 10.1. The zero-order chi connectivity index (χ0) is 26.1. The summed E-state index contributed by atoms with van der Waals surface area (Å²) in [7, 11) is 2.13. The number of fused-ring (bicyclic) bond motifs is 2. The van der Waals surface area contributed by atoms with E-state index in [4.69, 9.17) is 31.3 Å². The van der Waals surface area contributed by atoms with Crippen LogP contribution in [0.2, 0.25) is 5.02 Å². The maximum atomic E-state index is 9.24. The molecule has 0 spiro atoms. The second-order valence-corrected chi connectivity index (χ2v) is 10.5. The van der Waals surface area contributed by atoms with Crippen LogP contribution in [-0.2, 0) is 0 Å². The van der Waals surface area contributed by atoms with Crippen molar-refractivity contribution in [3.05, 3.63) is 53.7 Å². The molecule has 0 bridgehead atoms. The summed E-state index contributed by atoms with van der Waals surface area (Å²) < 4.78 is 6.20. The Bertz CT molecular complexity index is 1520. The summed E-state index contributed by atoms with van der Waals surface area (Å²) >= 11 is 6.63. The molecule has 2 saturated heterocycles. The van der Waals surface area contributed by atoms with Crippen LogP contribution in [0.15, 0.2) is 48.7 Å². The molecule has 4 heterocycles. The second kappa shape index (κ2) is 10.7. The highest BCUT2D eigenvalue weighted by molar-refractivity contribution is 6.36. The van der Waals surface area contributed by atoms with Crippen LogP contribution in [0.25, 0.3) is 32.9 Å². The lowest BCUT2D eigenvalue weighted by atomic mass is 9.99. The number of nitrogens with one attached hydrogen (secondary N) is 1. The van der Waals surface area contributed by atoms with Crippen molar-refractivity contribution in [3.63, 3.8) is 0 Å². The average Bonchev–Trinajstić information content (AvgIpc) is 3.35. The number of halogens is 1. The SMILES string of the molecule is CN1CCC[C@H]1COc1nc(N2CCN[C@@H](CC#N)C2)c2ncc(-c3cccc4cccc(Cl)c34)cc2n1. The van der Waals surface area contributed by atoms with Gasteiger partial charge in [0.05, 0.1) is 18.0 Å². The van der Waals surface area contributed by atoms with E-state index in [1.807, 2.05) is 24.4 Å². The first-order chi connectivity index (χ1) is 18.6. The molecule has 2 atom stereocenters. The number of pyridine rings is 1. The van der Waals surface area contributed by atoms with Gasteiger partial charge in [0.1, 0.15) is 12.1 Å². The van der Waals surface area contributed by atoms with Gasteiger partial charge in [-0.25, -0.2) is 0 Å². The normalized spacial score (nSPS) is 20.2. The minimum atomic E-state index is 0.0763. The zero-order valence-electron chi connectivity index (χ0n) is 21.4. The maximum absolute atomic E-state index is 9.24. The molecule has 4 aromatic rings. The van der Waals surface area contributed by atoms with Crippen molar-refractivity contribution in [1.29, 1.82) is 5.26 Å². The Kier molecular flexibility index (Phi) is 6.98. The lowest BCUT2D eigenvalue weighted by Crippen LogP contribution is -2.51. The van der Waals surface area contributed by atoms with Gasteiger partial charge in [-0.2, -0.15) is 15.2 Å². The van der Waals surface area contributed by atoms with Crippen molar-refractivity contribution >= 4 is 39.2 Å². The minimum absolute atomic E-state index is 0.0763. The number of anilines is 1. The summed E-state index contributed by atoms with van der Waals surface area (Å²) in [5, 5.41) is 15.4. The van der Waals surface area contributed by atoms with E-state index in [1.165, 1.54) is 6.42 Å². The number of aromatic nitrogens is 3. The van der Waals surface area contributed by atoms with E-state index in [2.05, 4.69) is 52.5 Å². The van der Waals surface area contributed by atoms with Crippen LogP contribution >= 0.6 is 11.6 Å². The fourth-order valence-corrected chi connectivity index (χ4v) is 5.86. The first-order valence-electron chi connectivity index (χ1n) is 13.1. The van der Waals surface area contributed by atoms with Gasteiger partial charge in [-0.15, -0.1) is 0 Å². The third-order valence-corrected chi connectivity index (χ3v) is 7.95. The Labute approximate surface area is 227 Å². The number of rotatable bonds is 6. The van der Waals surface area contributed by atoms with Gasteiger partial charge < -0.3 is 19.9 Å². The van der Waals surface area contributed by atoms with E-state index in [9.17, 15) is 5.26 Å². The highest BCUT2D eigenvalue weighted by Gasteiger charge is 2.25. The van der Waals surface area contributed by atoms with Crippen molar-refractivity contribution < 1.29 is 4.74 Å². The molecule has 0 saturated carbocycles. The Morgan fingerprint density at radius 2 is 2.05 bits per heavy atom. The highest BCUT2D eigenvalue weighted by atomic mass is 35.5. The van der Waals surface area contributed by atoms with Crippen LogP contribution in [0.5, 0.6) is 6.01 Å². The van der Waals surface area contributed by atoms with Crippen molar-refractivity contribution in [2.75, 3.05) is 44.7 Å². The van der Waals surface area contributed by atoms with Gasteiger partial charge in [-0.05, 0) is 49.5 Å². The number of ether oxygens (including phenoxy) is 1. The predicted octanol–water partition coefficient (Wildman–Crippen LogP) is 4.66. The molecule has 0 amide bonds. The van der Waals surface area contributed by atoms with Gasteiger partial charge in [-0.3, -0.25) is 4.98 Å². The van der Waals surface area contributed by atoms with Crippen LogP contribution < -0.4 is 15.0 Å². The van der Waals surface area contributed by atoms with Gasteiger partial charge >= 0.3 is 6.01 Å². The predicted molar refractivity (Wildman–Crippen MR) is 151 cm³/mol. The van der Waals surface area contributed by atoms with Crippen LogP contribution in [0.4, 0.5) is 5.82 Å². The molecule has 2 aliphatic heterocycles. The number of piperazine rings is 1. The molecule has 38 heavy (non-hydrogen) atoms. The topological polar surface area (TPSA) is 90.2 Å². The molecular formula is C29H30ClN7O. The van der Waals surface area contributed by atoms with Crippen LogP contribution in [0.1, 0.15) is 19.3 Å². The summed E-state index contributed by atoms with van der Waals surface area (Å²) in [5.74, 6) is 0.747. The summed E-state index contributed by atoms with van der Waals surface area (Å²) in [6.07, 6.45) is 4.60. The summed E-state index contributed by atoms with van der Waals surface area (Å²) in [4.78, 5) is 19.1. The quantitative estimate of drug-likeness (QED) is 0.387. The van der Waals surface area contributed by atoms with Crippen LogP contribution in [0, 0.1) is 11.3 Å². The molecule has 0 aliphatic carbocycles. The molecule has 0 radical (unpaired) electrons. The smallest absolute Gasteiger partial charge is 0.319 e. The van der Waals surface area contributed by atoms with E-state index in [1.54, 1.807) is 0 Å². The molecule has 9 heteroatoms. The molecular weight excluding hydrogens is 498 g/mol. The van der Waals surface area contributed by atoms with Crippen molar-refractivity contribution in [2.45, 2.75) is 31.3 Å². The summed E-state index contributed by atoms with van der Waals surface area (Å²) in [6, 6.07) is 17.2. The van der Waals surface area contributed by atoms with Crippen molar-refractivity contribution in [3.8, 4) is 23.2 Å². The first kappa shape index (κ1) is 24.8. The van der Waals surface area contributed by atoms with E-state index in [0.717, 1.165) is 64.8 Å². The number of hydrogen-bond acceptors (Lipinski definition) is 8. The average molecular weight is 528 g/mol. The fraction of sp³-hybridized carbons (Fsp3) is 0.379. The van der Waals surface area contributed by atoms with Gasteiger partial charge in [0, 0.05) is 53.9 Å². The number of likely N-dealkylation sites (N-methyl/N-ethyl adjacent to an activating group) is 1. The number of nitriles is 1. The minimum Gasteiger partial charge on any atom is -0.462 e. The molecule has 194 valence electrons. The third kappa shape index (κ3) is 4.85. The van der Waals surface area contributed by atoms with Gasteiger partial charge in [0.15, 0.2) is 5.82 Å². The molecule has 2 aliphatic rings. The fourth-order valence-electron chi connectivity index (χ4n) is 5.58. The van der Waals surface area contributed by atoms with E-state index in [0.29, 0.717) is 36.6 Å². The summed E-state index contributed by atoms with van der Waals surface area (Å²) in [5.41, 5.74) is 3.39. The first-order valence-corrected chi connectivity index (χ1v) is 13.5. The van der Waals surface area contributed by atoms with Crippen LogP contribution in [0.3, 0.4) is 0 Å². The third-order valence-electron chi connectivity index (χ3n) is 7.63. The summed E-state index contributed by atoms with van der Waals surface area (Å²) in [6.45, 7) is 3.84. The van der Waals surface area contributed by atoms with Crippen molar-refractivity contribution in [2.24, 2.45) is 0 Å². The van der Waals surface area contributed by atoms with E-state index >= 15 is 0 Å². The molecule has 6 rings (SSSR count). The van der Waals surface area contributed by atoms with Gasteiger partial charge in [-0.1, -0.05) is 41.9 Å². The molecule has 1 N–H and O–H groups in total. The lowest BCUT2D eigenvalue weighted by molar-refractivity contribution is 0.188. The Hall–Kier alpha value is -3.51. The van der Waals surface area contributed by atoms with Crippen molar-refractivity contribution in [1.82, 2.24) is 25.2 Å². The van der Waals surface area contributed by atoms with Crippen LogP contribution in [-0.4, -0.2) is 71.8 Å². The Morgan fingerprint density at radius 3 is 2.87 bits per heavy atom. The highest BCUT2D eigenvalue weighted by Crippen LogP contribution is 2.35. The number of hydrogen-bond donors (Lipinski definition) is 1. The molecule has 2 fully saturated rings. The largest absolute Gasteiger partial charge is 0.462 e. The van der Waals surface area contributed by atoms with E-state index in [-0.39, 0.29) is 6.04 Å². The Morgan fingerprint density at radius 1 is 1.18 bits per heavy atom. The van der Waals surface area contributed by atoms with Gasteiger partial charge in [0.25, 0.3) is 0 Å². The monoisotopic (exact) mass is 527 g/mol. The standard InChI is InChI=1S/C29H30ClN7O/c1-36-13-4-7-22(36)18-38-29-34-25-15-20(23-8-2-5-19-6-3-9-24(30)26(19)23)16-33-27(25)28(35-29)37-14-12-32-21(17-37)10-11-31/h2-3,5-6,8-9,15-16,21-22,32H,4,7,10,12-14,17-18H2,1H3/t21-,22-/m0/s1. The molecule has 8 nitrogen and oxygen atoms in total. The maximum Gasteiger partial charge on any atom is 0.319 e. The number of nitrogens with zero attached hydrogens (tertiary/aromatic N) is 6. The molecule has 2 aromatic heterocycles. The Balaban J connectivity index is 1.43. The number of likely N-dealkylation sites (tertiary alicyclic amines) is 1. The van der Waals surface area contributed by atoms with E-state index < -0.39 is 0 Å².